The highest BCUT2D eigenvalue weighted by molar-refractivity contribution is 8.04. The Kier molecular flexibility index (Phi) is 4.09. The van der Waals surface area contributed by atoms with E-state index in [1.54, 1.807) is 0 Å². The highest BCUT2D eigenvalue weighted by atomic mass is 35.9. The van der Waals surface area contributed by atoms with Crippen LogP contribution in [0.3, 0.4) is 0 Å². The van der Waals surface area contributed by atoms with Crippen molar-refractivity contribution in [3.63, 3.8) is 0 Å². The van der Waals surface area contributed by atoms with Crippen LogP contribution in [0.5, 0.6) is 0 Å². The first-order valence-corrected chi connectivity index (χ1v) is 7.12. The van der Waals surface area contributed by atoms with Gasteiger partial charge < -0.3 is 0 Å². The maximum atomic E-state index is 6.02. The summed E-state index contributed by atoms with van der Waals surface area (Å²) in [4.78, 5) is 0. The summed E-state index contributed by atoms with van der Waals surface area (Å²) in [6, 6.07) is 0. The lowest BCUT2D eigenvalue weighted by molar-refractivity contribution is 0.521. The average Bonchev–Trinajstić information content (AvgIpc) is 1.88. The molecule has 2 atom stereocenters. The Hall–Kier alpha value is 1.30. The summed E-state index contributed by atoms with van der Waals surface area (Å²) in [5.74, 6) is 0. The maximum Gasteiger partial charge on any atom is 0.0900 e. The van der Waals surface area contributed by atoms with Crippen molar-refractivity contribution in [3.8, 4) is 0 Å². The Labute approximate surface area is 77.6 Å². The van der Waals surface area contributed by atoms with Gasteiger partial charge in [-0.25, -0.2) is 0 Å². The van der Waals surface area contributed by atoms with Gasteiger partial charge in [-0.15, -0.1) is 11.6 Å². The largest absolute Gasteiger partial charge is 0.122 e. The van der Waals surface area contributed by atoms with Crippen LogP contribution in [0.15, 0.2) is 0 Å². The monoisotopic (exact) mass is 218 g/mol. The number of halogens is 3. The number of alkyl halides is 1. The third kappa shape index (κ3) is 2.41. The molecule has 10 heavy (non-hydrogen) atoms. The molecular formula is C6H10Cl3P. The molecule has 0 bridgehead atoms. The molecule has 0 radical (unpaired) electrons. The Morgan fingerprint density at radius 3 is 2.10 bits per heavy atom. The first kappa shape index (κ1) is 9.39. The van der Waals surface area contributed by atoms with E-state index in [0.717, 1.165) is 12.8 Å². The smallest absolute Gasteiger partial charge is 0.0900 e. The van der Waals surface area contributed by atoms with Gasteiger partial charge in [-0.05, 0) is 12.8 Å². The van der Waals surface area contributed by atoms with Crippen LogP contribution < -0.4 is 0 Å². The zero-order valence-electron chi connectivity index (χ0n) is 5.56. The first-order chi connectivity index (χ1) is 4.72. The van der Waals surface area contributed by atoms with E-state index >= 15 is 0 Å². The molecule has 0 amide bonds. The average molecular weight is 219 g/mol. The molecular weight excluding hydrogens is 209 g/mol. The number of rotatable bonds is 1. The minimum atomic E-state index is -0.845. The fraction of sp³-hybridized carbons (Fsp3) is 1.00. The van der Waals surface area contributed by atoms with Gasteiger partial charge in [0.15, 0.2) is 0 Å². The van der Waals surface area contributed by atoms with Gasteiger partial charge in [0.1, 0.15) is 0 Å². The molecule has 60 valence electrons. The van der Waals surface area contributed by atoms with Crippen molar-refractivity contribution < 1.29 is 0 Å². The second-order valence-electron chi connectivity index (χ2n) is 2.63. The van der Waals surface area contributed by atoms with Crippen LogP contribution in [0.2, 0.25) is 0 Å². The van der Waals surface area contributed by atoms with Crippen LogP contribution >= 0.6 is 40.7 Å². The summed E-state index contributed by atoms with van der Waals surface area (Å²) in [5.41, 5.74) is 0.383. The zero-order valence-corrected chi connectivity index (χ0v) is 8.73. The molecule has 0 unspecified atom stereocenters. The van der Waals surface area contributed by atoms with Crippen LogP contribution in [-0.2, 0) is 0 Å². The third-order valence-corrected chi connectivity index (χ3v) is 5.22. The molecule has 0 aromatic heterocycles. The Morgan fingerprint density at radius 1 is 1.10 bits per heavy atom. The fourth-order valence-electron chi connectivity index (χ4n) is 1.29. The molecule has 0 heterocycles. The van der Waals surface area contributed by atoms with Gasteiger partial charge in [-0.2, -0.15) is 0 Å². The minimum Gasteiger partial charge on any atom is -0.122 e. The maximum absolute atomic E-state index is 6.02. The van der Waals surface area contributed by atoms with Crippen LogP contribution in [-0.4, -0.2) is 11.0 Å². The Bertz CT molecular complexity index is 107. The van der Waals surface area contributed by atoms with E-state index in [1.807, 2.05) is 0 Å². The lowest BCUT2D eigenvalue weighted by atomic mass is 10.00. The van der Waals surface area contributed by atoms with Crippen molar-refractivity contribution in [1.82, 2.24) is 0 Å². The van der Waals surface area contributed by atoms with E-state index in [0.29, 0.717) is 5.66 Å². The van der Waals surface area contributed by atoms with Crippen LogP contribution in [0.4, 0.5) is 0 Å². The lowest BCUT2D eigenvalue weighted by Crippen LogP contribution is -2.21. The van der Waals surface area contributed by atoms with E-state index in [1.165, 1.54) is 12.8 Å². The van der Waals surface area contributed by atoms with Crippen molar-refractivity contribution in [1.29, 1.82) is 0 Å². The van der Waals surface area contributed by atoms with Gasteiger partial charge in [-0.3, -0.25) is 0 Å². The normalized spacial score (nSPS) is 34.8. The molecule has 1 fully saturated rings. The molecule has 1 rings (SSSR count). The van der Waals surface area contributed by atoms with Gasteiger partial charge in [0, 0.05) is 11.0 Å². The molecule has 4 heteroatoms. The highest BCUT2D eigenvalue weighted by Gasteiger charge is 2.28. The second kappa shape index (κ2) is 4.36. The summed E-state index contributed by atoms with van der Waals surface area (Å²) < 4.78 is 0. The molecule has 0 nitrogen and oxygen atoms in total. The first-order valence-electron chi connectivity index (χ1n) is 3.46. The zero-order chi connectivity index (χ0) is 7.56. The summed E-state index contributed by atoms with van der Waals surface area (Å²) >= 11 is 17.6. The van der Waals surface area contributed by atoms with Crippen LogP contribution in [0.25, 0.3) is 0 Å². The van der Waals surface area contributed by atoms with E-state index in [2.05, 4.69) is 0 Å². The summed E-state index contributed by atoms with van der Waals surface area (Å²) in [6.07, 6.45) is 4.69. The van der Waals surface area contributed by atoms with Crippen LogP contribution in [0, 0.1) is 0 Å². The molecule has 0 aliphatic heterocycles. The predicted octanol–water partition coefficient (Wildman–Crippen LogP) is 4.33. The topological polar surface area (TPSA) is 0 Å². The molecule has 0 N–H and O–H groups in total. The van der Waals surface area contributed by atoms with Gasteiger partial charge in [-0.1, -0.05) is 35.3 Å². The quantitative estimate of drug-likeness (QED) is 0.455. The highest BCUT2D eigenvalue weighted by Crippen LogP contribution is 2.57. The van der Waals surface area contributed by atoms with Crippen molar-refractivity contribution in [2.24, 2.45) is 0 Å². The van der Waals surface area contributed by atoms with E-state index in [-0.39, 0.29) is 5.38 Å². The Balaban J connectivity index is 2.40. The van der Waals surface area contributed by atoms with Gasteiger partial charge in [0.2, 0.25) is 0 Å². The molecule has 0 aromatic carbocycles. The van der Waals surface area contributed by atoms with E-state index in [9.17, 15) is 0 Å². The molecule has 1 aliphatic carbocycles. The third-order valence-electron chi connectivity index (χ3n) is 1.90. The molecule has 0 aromatic rings. The van der Waals surface area contributed by atoms with Gasteiger partial charge in [0.05, 0.1) is 6.63 Å². The standard InChI is InChI=1S/C6H10Cl3P/c7-5-3-1-2-4-6(5)10(8)9/h5-6H,1-4H2/t5-,6+/m0/s1. The summed E-state index contributed by atoms with van der Waals surface area (Å²) in [6.45, 7) is -0.845. The summed E-state index contributed by atoms with van der Waals surface area (Å²) in [7, 11) is 0. The number of hydrogen-bond donors (Lipinski definition) is 0. The van der Waals surface area contributed by atoms with E-state index < -0.39 is 6.63 Å². The van der Waals surface area contributed by atoms with Crippen molar-refractivity contribution in [2.45, 2.75) is 36.7 Å². The molecule has 0 spiro atoms. The van der Waals surface area contributed by atoms with Crippen molar-refractivity contribution in [2.75, 3.05) is 0 Å². The van der Waals surface area contributed by atoms with E-state index in [4.69, 9.17) is 34.1 Å². The van der Waals surface area contributed by atoms with Gasteiger partial charge in [0.25, 0.3) is 0 Å². The van der Waals surface area contributed by atoms with Crippen LogP contribution in [0.1, 0.15) is 25.7 Å². The molecule has 0 saturated heterocycles. The lowest BCUT2D eigenvalue weighted by Gasteiger charge is -2.27. The number of hydrogen-bond acceptors (Lipinski definition) is 0. The summed E-state index contributed by atoms with van der Waals surface area (Å²) in [5, 5.41) is 0.231. The van der Waals surface area contributed by atoms with Crippen molar-refractivity contribution >= 4 is 40.7 Å². The second-order valence-corrected chi connectivity index (χ2v) is 7.07. The Morgan fingerprint density at radius 2 is 1.70 bits per heavy atom. The predicted molar refractivity (Wildman–Crippen MR) is 50.5 cm³/mol. The SMILES string of the molecule is Cl[C@H]1CCCC[C@H]1P(Cl)Cl. The van der Waals surface area contributed by atoms with Gasteiger partial charge >= 0.3 is 0 Å². The van der Waals surface area contributed by atoms with Crippen molar-refractivity contribution in [3.05, 3.63) is 0 Å². The molecule has 1 aliphatic rings. The minimum absolute atomic E-state index is 0.231. The fourth-order valence-corrected chi connectivity index (χ4v) is 4.42. The molecule has 1 saturated carbocycles.